The van der Waals surface area contributed by atoms with Crippen LogP contribution in [0, 0.1) is 19.8 Å². The van der Waals surface area contributed by atoms with Crippen LogP contribution in [-0.2, 0) is 15.1 Å². The van der Waals surface area contributed by atoms with Gasteiger partial charge in [-0.3, -0.25) is 9.59 Å². The van der Waals surface area contributed by atoms with Crippen LogP contribution in [0.2, 0.25) is 0 Å². The molecule has 2 aromatic rings. The lowest BCUT2D eigenvalue weighted by atomic mass is 9.78. The van der Waals surface area contributed by atoms with Crippen molar-refractivity contribution in [2.45, 2.75) is 44.9 Å². The van der Waals surface area contributed by atoms with Crippen molar-refractivity contribution in [3.05, 3.63) is 53.1 Å². The van der Waals surface area contributed by atoms with Crippen LogP contribution in [0.1, 0.15) is 30.0 Å². The number of methoxy groups -OCH3 is 1. The molecule has 0 aliphatic carbocycles. The number of aliphatic hydroxyl groups is 1. The maximum Gasteiger partial charge on any atom is 0.291 e. The monoisotopic (exact) mass is 410 g/mol. The largest absolute Gasteiger partial charge is 0.497 e. The van der Waals surface area contributed by atoms with Crippen LogP contribution in [-0.4, -0.2) is 36.2 Å². The van der Waals surface area contributed by atoms with Crippen molar-refractivity contribution < 1.29 is 24.7 Å². The number of anilines is 2. The van der Waals surface area contributed by atoms with Crippen LogP contribution in [0.3, 0.4) is 0 Å². The average Bonchev–Trinajstić information content (AvgIpc) is 3.24. The van der Waals surface area contributed by atoms with E-state index in [1.54, 1.807) is 38.3 Å². The van der Waals surface area contributed by atoms with Gasteiger partial charge in [0.05, 0.1) is 12.8 Å². The zero-order chi connectivity index (χ0) is 21.6. The number of nitrogens with one attached hydrogen (secondary N) is 2. The molecular formula is C23H28N3O4+. The van der Waals surface area contributed by atoms with E-state index in [2.05, 4.69) is 10.6 Å². The van der Waals surface area contributed by atoms with Gasteiger partial charge in [0.25, 0.3) is 5.91 Å². The van der Waals surface area contributed by atoms with Crippen molar-refractivity contribution in [2.24, 2.45) is 5.92 Å². The minimum Gasteiger partial charge on any atom is -0.497 e. The van der Waals surface area contributed by atoms with E-state index in [1.807, 2.05) is 31.3 Å². The number of ether oxygens (including phenoxy) is 1. The molecule has 7 nitrogen and oxygen atoms in total. The summed E-state index contributed by atoms with van der Waals surface area (Å²) >= 11 is 0. The number of carbonyl (C=O) groups excluding carboxylic acids is 2. The Hall–Kier alpha value is -2.90. The first-order chi connectivity index (χ1) is 14.3. The molecular weight excluding hydrogens is 382 g/mol. The number of benzene rings is 2. The molecule has 0 unspecified atom stereocenters. The van der Waals surface area contributed by atoms with Gasteiger partial charge in [0.1, 0.15) is 23.8 Å². The maximum absolute atomic E-state index is 13.4. The number of hydrogen-bond donors (Lipinski definition) is 4. The third kappa shape index (κ3) is 3.14. The molecule has 0 saturated carbocycles. The summed E-state index contributed by atoms with van der Waals surface area (Å²) in [4.78, 5) is 26.7. The number of nitrogens with two attached hydrogens (primary N) is 1. The van der Waals surface area contributed by atoms with Crippen molar-refractivity contribution in [2.75, 3.05) is 17.7 Å². The van der Waals surface area contributed by atoms with Crippen molar-refractivity contribution in [3.63, 3.8) is 0 Å². The van der Waals surface area contributed by atoms with E-state index in [9.17, 15) is 14.7 Å². The van der Waals surface area contributed by atoms with Crippen LogP contribution < -0.4 is 20.7 Å². The molecule has 4 rings (SSSR count). The van der Waals surface area contributed by atoms with E-state index in [4.69, 9.17) is 4.74 Å². The second kappa shape index (κ2) is 7.41. The molecule has 30 heavy (non-hydrogen) atoms. The lowest BCUT2D eigenvalue weighted by molar-refractivity contribution is -0.737. The maximum atomic E-state index is 13.4. The molecule has 4 atom stereocenters. The second-order valence-corrected chi connectivity index (χ2v) is 8.40. The summed E-state index contributed by atoms with van der Waals surface area (Å²) in [5.74, 6) is -0.365. The first-order valence-electron chi connectivity index (χ1n) is 10.2. The van der Waals surface area contributed by atoms with Gasteiger partial charge in [0.2, 0.25) is 11.4 Å². The number of fused-ring (bicyclic) bond motifs is 2. The Morgan fingerprint density at radius 1 is 1.30 bits per heavy atom. The van der Waals surface area contributed by atoms with Crippen LogP contribution >= 0.6 is 0 Å². The average molecular weight is 410 g/mol. The zero-order valence-corrected chi connectivity index (χ0v) is 17.7. The number of aryl methyl sites for hydroxylation is 2. The van der Waals surface area contributed by atoms with Crippen molar-refractivity contribution >= 4 is 23.2 Å². The van der Waals surface area contributed by atoms with E-state index in [0.29, 0.717) is 17.9 Å². The number of amides is 2. The first kappa shape index (κ1) is 20.4. The topological polar surface area (TPSA) is 104 Å². The van der Waals surface area contributed by atoms with Gasteiger partial charge < -0.3 is 25.8 Å². The van der Waals surface area contributed by atoms with Crippen LogP contribution in [0.4, 0.5) is 11.4 Å². The van der Waals surface area contributed by atoms with Crippen molar-refractivity contribution in [3.8, 4) is 5.75 Å². The highest BCUT2D eigenvalue weighted by Gasteiger charge is 2.65. The van der Waals surface area contributed by atoms with E-state index in [0.717, 1.165) is 22.4 Å². The van der Waals surface area contributed by atoms with Crippen molar-refractivity contribution in [1.82, 2.24) is 0 Å². The standard InChI is InChI=1S/C23H27N3O4/c1-12-9-13(2)20-17(10-12)23(22(29)25-20)18(11-19(26-23)14(3)27)21(28)24-15-5-7-16(30-4)8-6-15/h5-10,14,18-19,26-27H,11H2,1-4H3,(H,24,28)(H,25,29)/p+1/t14-,18-,19-,23+/m1/s1. The van der Waals surface area contributed by atoms with Crippen LogP contribution in [0.15, 0.2) is 36.4 Å². The molecule has 0 bridgehead atoms. The Kier molecular flexibility index (Phi) is 5.03. The predicted octanol–water partition coefficient (Wildman–Crippen LogP) is 1.43. The fourth-order valence-electron chi connectivity index (χ4n) is 4.84. The Morgan fingerprint density at radius 3 is 2.63 bits per heavy atom. The molecule has 2 aromatic carbocycles. The number of quaternary nitrogens is 1. The Morgan fingerprint density at radius 2 is 2.00 bits per heavy atom. The minimum absolute atomic E-state index is 0.204. The van der Waals surface area contributed by atoms with Gasteiger partial charge in [0, 0.05) is 17.7 Å². The molecule has 2 aliphatic heterocycles. The van der Waals surface area contributed by atoms with Gasteiger partial charge in [-0.2, -0.15) is 0 Å². The molecule has 0 radical (unpaired) electrons. The molecule has 1 fully saturated rings. The van der Waals surface area contributed by atoms with Gasteiger partial charge in [-0.25, -0.2) is 0 Å². The Bertz CT molecular complexity index is 1000. The molecule has 0 aromatic heterocycles. The number of hydrogen-bond acceptors (Lipinski definition) is 4. The predicted molar refractivity (Wildman–Crippen MR) is 113 cm³/mol. The molecule has 2 heterocycles. The second-order valence-electron chi connectivity index (χ2n) is 8.40. The highest BCUT2D eigenvalue weighted by atomic mass is 16.5. The summed E-state index contributed by atoms with van der Waals surface area (Å²) in [6, 6.07) is 10.8. The number of carbonyl (C=O) groups is 2. The molecule has 2 aliphatic rings. The smallest absolute Gasteiger partial charge is 0.291 e. The third-order valence-electron chi connectivity index (χ3n) is 6.37. The number of aliphatic hydroxyl groups excluding tert-OH is 1. The third-order valence-corrected chi connectivity index (χ3v) is 6.37. The van der Waals surface area contributed by atoms with Gasteiger partial charge >= 0.3 is 0 Å². The number of rotatable bonds is 4. The zero-order valence-electron chi connectivity index (χ0n) is 17.7. The fourth-order valence-corrected chi connectivity index (χ4v) is 4.84. The van der Waals surface area contributed by atoms with Crippen LogP contribution in [0.5, 0.6) is 5.75 Å². The lowest BCUT2D eigenvalue weighted by Crippen LogP contribution is -2.99. The van der Waals surface area contributed by atoms with Gasteiger partial charge in [-0.1, -0.05) is 11.6 Å². The van der Waals surface area contributed by atoms with Gasteiger partial charge in [0.15, 0.2) is 0 Å². The van der Waals surface area contributed by atoms with E-state index >= 15 is 0 Å². The molecule has 2 amide bonds. The normalized spacial score (nSPS) is 25.7. The van der Waals surface area contributed by atoms with E-state index < -0.39 is 17.6 Å². The van der Waals surface area contributed by atoms with E-state index in [1.165, 1.54) is 0 Å². The van der Waals surface area contributed by atoms with Gasteiger partial charge in [-0.05, 0) is 56.7 Å². The first-order valence-corrected chi connectivity index (χ1v) is 10.2. The highest BCUT2D eigenvalue weighted by molar-refractivity contribution is 6.10. The summed E-state index contributed by atoms with van der Waals surface area (Å²) in [5.41, 5.74) is 3.14. The molecule has 1 spiro atoms. The molecule has 5 N–H and O–H groups in total. The van der Waals surface area contributed by atoms with E-state index in [-0.39, 0.29) is 17.9 Å². The molecule has 158 valence electrons. The summed E-state index contributed by atoms with van der Waals surface area (Å²) in [6.45, 7) is 5.64. The summed E-state index contributed by atoms with van der Waals surface area (Å²) in [7, 11) is 1.59. The quantitative estimate of drug-likeness (QED) is 0.612. The Labute approximate surface area is 175 Å². The Balaban J connectivity index is 1.74. The fraction of sp³-hybridized carbons (Fsp3) is 0.391. The van der Waals surface area contributed by atoms with Crippen LogP contribution in [0.25, 0.3) is 0 Å². The van der Waals surface area contributed by atoms with Gasteiger partial charge in [-0.15, -0.1) is 0 Å². The molecule has 7 heteroatoms. The highest BCUT2D eigenvalue weighted by Crippen LogP contribution is 2.45. The summed E-state index contributed by atoms with van der Waals surface area (Å²) in [5, 5.41) is 18.1. The van der Waals surface area contributed by atoms with Crippen molar-refractivity contribution in [1.29, 1.82) is 0 Å². The minimum atomic E-state index is -1.09. The summed E-state index contributed by atoms with van der Waals surface area (Å²) in [6.07, 6.45) is -0.247. The SMILES string of the molecule is COc1ccc(NC(=O)[C@H]2C[C@H]([C@@H](C)O)[NH2+][C@]23C(=O)Nc2c(C)cc(C)cc23)cc1. The lowest BCUT2D eigenvalue weighted by Gasteiger charge is -2.26. The molecule has 1 saturated heterocycles. The summed E-state index contributed by atoms with van der Waals surface area (Å²) < 4.78 is 5.17.